The van der Waals surface area contributed by atoms with Gasteiger partial charge >= 0.3 is 0 Å². The van der Waals surface area contributed by atoms with Gasteiger partial charge in [-0.2, -0.15) is 9.90 Å². The summed E-state index contributed by atoms with van der Waals surface area (Å²) in [6.45, 7) is 0. The maximum Gasteiger partial charge on any atom is 0.0405 e. The molecule has 0 amide bonds. The summed E-state index contributed by atoms with van der Waals surface area (Å²) in [4.78, 5) is 0. The summed E-state index contributed by atoms with van der Waals surface area (Å²) in [6, 6.07) is 9.44. The fourth-order valence-corrected chi connectivity index (χ4v) is 0.560. The smallest absolute Gasteiger partial charge is 0.0405 e. The topological polar surface area (TPSA) is 0 Å². The van der Waals surface area contributed by atoms with Crippen LogP contribution in [0.25, 0.3) is 0 Å². The van der Waals surface area contributed by atoms with Crippen LogP contribution < -0.4 is 0 Å². The normalized spacial score (nSPS) is 7.62. The minimum atomic E-state index is 0. The molecule has 1 unspecified atom stereocenters. The second kappa shape index (κ2) is 3.88. The molecule has 0 radical (unpaired) electrons. The minimum Gasteiger partial charge on any atom is -0.153 e. The highest BCUT2D eigenvalue weighted by molar-refractivity contribution is 6.92. The van der Waals surface area contributed by atoms with Crippen LogP contribution in [0.4, 0.5) is 0 Å². The fourth-order valence-electron chi connectivity index (χ4n) is 0.415. The van der Waals surface area contributed by atoms with Gasteiger partial charge in [-0.3, -0.25) is 0 Å². The monoisotopic (exact) mass is 146 g/mol. The Morgan fingerprint density at radius 2 is 1.50 bits per heavy atom. The molecule has 0 nitrogen and oxygen atoms in total. The Labute approximate surface area is 57.5 Å². The van der Waals surface area contributed by atoms with Gasteiger partial charge in [0.05, 0.1) is 0 Å². The van der Waals surface area contributed by atoms with Gasteiger partial charge in [0.25, 0.3) is 0 Å². The number of benzene rings is 1. The highest BCUT2D eigenvalue weighted by Gasteiger charge is 1.74. The summed E-state index contributed by atoms with van der Waals surface area (Å²) >= 11 is 5.54. The van der Waals surface area contributed by atoms with E-state index >= 15 is 0 Å². The van der Waals surface area contributed by atoms with Gasteiger partial charge < -0.3 is 0 Å². The van der Waals surface area contributed by atoms with Crippen molar-refractivity contribution in [3.8, 4) is 0 Å². The maximum absolute atomic E-state index is 5.54. The van der Waals surface area contributed by atoms with Crippen LogP contribution in [0.1, 0.15) is 0 Å². The summed E-state index contributed by atoms with van der Waals surface area (Å²) in [6.07, 6.45) is 0. The summed E-state index contributed by atoms with van der Waals surface area (Å²) in [5, 5.41) is 0.794. The van der Waals surface area contributed by atoms with Gasteiger partial charge in [-0.1, -0.05) is 29.8 Å². The molecule has 0 heterocycles. The molecule has 0 saturated heterocycles. The van der Waals surface area contributed by atoms with Crippen molar-refractivity contribution in [2.75, 3.05) is 0 Å². The van der Waals surface area contributed by atoms with Crippen molar-refractivity contribution >= 4 is 21.5 Å². The van der Waals surface area contributed by atoms with Gasteiger partial charge in [0.1, 0.15) is 0 Å². The standard InChI is InChI=1S/C6H5Cl.H3P/c7-6-4-2-1-3-5-6;/h1-5H;1H3. The Morgan fingerprint density at radius 1 is 1.00 bits per heavy atom. The molecule has 2 heteroatoms. The van der Waals surface area contributed by atoms with Crippen LogP contribution in [0.5, 0.6) is 0 Å². The fraction of sp³-hybridized carbons (Fsp3) is 0. The molecule has 1 aromatic carbocycles. The van der Waals surface area contributed by atoms with Gasteiger partial charge in [0, 0.05) is 5.02 Å². The molecule has 8 heavy (non-hydrogen) atoms. The van der Waals surface area contributed by atoms with Crippen LogP contribution >= 0.6 is 21.5 Å². The van der Waals surface area contributed by atoms with Gasteiger partial charge in [0.2, 0.25) is 0 Å². The zero-order valence-corrected chi connectivity index (χ0v) is 6.64. The van der Waals surface area contributed by atoms with Crippen LogP contribution in [0.15, 0.2) is 30.3 Å². The molecule has 0 bridgehead atoms. The van der Waals surface area contributed by atoms with E-state index in [0.29, 0.717) is 0 Å². The second-order valence-electron chi connectivity index (χ2n) is 1.30. The van der Waals surface area contributed by atoms with Crippen molar-refractivity contribution in [1.29, 1.82) is 0 Å². The molecule has 0 spiro atoms. The average molecular weight is 147 g/mol. The molecule has 0 aliphatic heterocycles. The maximum atomic E-state index is 5.54. The highest BCUT2D eigenvalue weighted by atomic mass is 35.5. The Bertz CT molecular complexity index is 138. The van der Waals surface area contributed by atoms with Gasteiger partial charge in [-0.25, -0.2) is 0 Å². The Hall–Kier alpha value is -0.0600. The molecule has 1 rings (SSSR count). The summed E-state index contributed by atoms with van der Waals surface area (Å²) in [5.41, 5.74) is 0. The van der Waals surface area contributed by atoms with E-state index in [1.54, 1.807) is 0 Å². The van der Waals surface area contributed by atoms with Crippen molar-refractivity contribution in [1.82, 2.24) is 0 Å². The predicted molar refractivity (Wildman–Crippen MR) is 42.6 cm³/mol. The van der Waals surface area contributed by atoms with Crippen molar-refractivity contribution in [2.45, 2.75) is 0 Å². The molecule has 0 saturated carbocycles. The molecule has 0 aliphatic rings. The van der Waals surface area contributed by atoms with Crippen molar-refractivity contribution in [3.05, 3.63) is 35.4 Å². The van der Waals surface area contributed by atoms with E-state index in [-0.39, 0.29) is 9.90 Å². The first kappa shape index (κ1) is 7.94. The molecule has 1 atom stereocenters. The lowest BCUT2D eigenvalue weighted by atomic mass is 10.4. The SMILES string of the molecule is Clc1ccccc1.P. The molecule has 0 aromatic heterocycles. The summed E-state index contributed by atoms with van der Waals surface area (Å²) < 4.78 is 0. The number of hydrogen-bond acceptors (Lipinski definition) is 0. The average Bonchev–Trinajstić information content (AvgIpc) is 1.69. The summed E-state index contributed by atoms with van der Waals surface area (Å²) in [5.74, 6) is 0. The van der Waals surface area contributed by atoms with E-state index in [0.717, 1.165) is 5.02 Å². The van der Waals surface area contributed by atoms with Gasteiger partial charge in [-0.15, -0.1) is 0 Å². The molecule has 0 N–H and O–H groups in total. The lowest BCUT2D eigenvalue weighted by Crippen LogP contribution is -1.55. The Morgan fingerprint density at radius 3 is 1.75 bits per heavy atom. The van der Waals surface area contributed by atoms with Gasteiger partial charge in [-0.05, 0) is 12.1 Å². The van der Waals surface area contributed by atoms with E-state index in [2.05, 4.69) is 0 Å². The van der Waals surface area contributed by atoms with E-state index in [1.807, 2.05) is 30.3 Å². The third-order valence-electron chi connectivity index (χ3n) is 0.733. The molecular weight excluding hydrogens is 138 g/mol. The lowest BCUT2D eigenvalue weighted by molar-refractivity contribution is 1.71. The third kappa shape index (κ3) is 2.30. The molecular formula is C6H8ClP. The van der Waals surface area contributed by atoms with Crippen LogP contribution in [0, 0.1) is 0 Å². The van der Waals surface area contributed by atoms with E-state index in [9.17, 15) is 0 Å². The first-order chi connectivity index (χ1) is 3.39. The molecule has 1 aromatic rings. The van der Waals surface area contributed by atoms with E-state index in [1.165, 1.54) is 0 Å². The second-order valence-corrected chi connectivity index (χ2v) is 1.73. The Kier molecular flexibility index (Phi) is 3.85. The molecule has 0 fully saturated rings. The van der Waals surface area contributed by atoms with E-state index in [4.69, 9.17) is 11.6 Å². The van der Waals surface area contributed by atoms with E-state index < -0.39 is 0 Å². The predicted octanol–water partition coefficient (Wildman–Crippen LogP) is 2.40. The zero-order chi connectivity index (χ0) is 5.11. The van der Waals surface area contributed by atoms with Crippen LogP contribution in [0.2, 0.25) is 5.02 Å². The van der Waals surface area contributed by atoms with Crippen LogP contribution in [-0.2, 0) is 0 Å². The summed E-state index contributed by atoms with van der Waals surface area (Å²) in [7, 11) is 0. The zero-order valence-electron chi connectivity index (χ0n) is 4.47. The van der Waals surface area contributed by atoms with Crippen LogP contribution in [0.3, 0.4) is 0 Å². The number of rotatable bonds is 0. The number of halogens is 1. The lowest BCUT2D eigenvalue weighted by Gasteiger charge is -1.80. The van der Waals surface area contributed by atoms with Gasteiger partial charge in [0.15, 0.2) is 0 Å². The quantitative estimate of drug-likeness (QED) is 0.493. The van der Waals surface area contributed by atoms with Crippen LogP contribution in [-0.4, -0.2) is 0 Å². The van der Waals surface area contributed by atoms with Crippen molar-refractivity contribution in [3.63, 3.8) is 0 Å². The third-order valence-corrected chi connectivity index (χ3v) is 0.985. The Balaban J connectivity index is 0.000000490. The number of hydrogen-bond donors (Lipinski definition) is 0. The minimum absolute atomic E-state index is 0. The van der Waals surface area contributed by atoms with Crippen molar-refractivity contribution < 1.29 is 0 Å². The van der Waals surface area contributed by atoms with Crippen molar-refractivity contribution in [2.24, 2.45) is 0 Å². The first-order valence-electron chi connectivity index (χ1n) is 2.10. The largest absolute Gasteiger partial charge is 0.153 e. The first-order valence-corrected chi connectivity index (χ1v) is 2.48. The molecule has 0 aliphatic carbocycles. The highest BCUT2D eigenvalue weighted by Crippen LogP contribution is 2.03. The molecule has 44 valence electrons.